The van der Waals surface area contributed by atoms with Crippen molar-refractivity contribution in [2.24, 2.45) is 12.8 Å². The molecular weight excluding hydrogens is 169 g/mol. The zero-order valence-corrected chi connectivity index (χ0v) is 7.29. The van der Waals surface area contributed by atoms with Gasteiger partial charge in [0.25, 0.3) is 0 Å². The highest BCUT2D eigenvalue weighted by molar-refractivity contribution is 5.82. The maximum absolute atomic E-state index is 13.0. The van der Waals surface area contributed by atoms with Crippen molar-refractivity contribution in [3.8, 4) is 0 Å². The second-order valence-electron chi connectivity index (χ2n) is 2.98. The van der Waals surface area contributed by atoms with E-state index in [1.807, 2.05) is 7.05 Å². The summed E-state index contributed by atoms with van der Waals surface area (Å²) in [6.45, 7) is 0.327. The van der Waals surface area contributed by atoms with Gasteiger partial charge in [-0.1, -0.05) is 0 Å². The van der Waals surface area contributed by atoms with E-state index in [0.29, 0.717) is 6.54 Å². The summed E-state index contributed by atoms with van der Waals surface area (Å²) in [5.74, 6) is -0.263. The van der Waals surface area contributed by atoms with Gasteiger partial charge in [0, 0.05) is 19.0 Å². The number of aromatic nitrogens is 2. The molecule has 0 aliphatic heterocycles. The van der Waals surface area contributed by atoms with Gasteiger partial charge < -0.3 is 5.73 Å². The van der Waals surface area contributed by atoms with Gasteiger partial charge in [0.05, 0.1) is 11.7 Å². The molecule has 2 rings (SSSR count). The first-order valence-electron chi connectivity index (χ1n) is 4.02. The van der Waals surface area contributed by atoms with Gasteiger partial charge in [0.1, 0.15) is 5.82 Å². The van der Waals surface area contributed by atoms with Crippen LogP contribution >= 0.6 is 0 Å². The number of fused-ring (bicyclic) bond motifs is 1. The zero-order chi connectivity index (χ0) is 9.42. The highest BCUT2D eigenvalue weighted by Crippen LogP contribution is 2.19. The molecule has 0 spiro atoms. The van der Waals surface area contributed by atoms with Gasteiger partial charge in [-0.05, 0) is 17.7 Å². The number of hydrogen-bond acceptors (Lipinski definition) is 2. The molecule has 2 aromatic rings. The van der Waals surface area contributed by atoms with Gasteiger partial charge >= 0.3 is 0 Å². The van der Waals surface area contributed by atoms with Crippen LogP contribution in [0.4, 0.5) is 4.39 Å². The van der Waals surface area contributed by atoms with E-state index < -0.39 is 0 Å². The lowest BCUT2D eigenvalue weighted by molar-refractivity contribution is 0.627. The number of aryl methyl sites for hydroxylation is 1. The van der Waals surface area contributed by atoms with Crippen molar-refractivity contribution >= 4 is 10.9 Å². The highest BCUT2D eigenvalue weighted by atomic mass is 19.1. The molecule has 0 saturated heterocycles. The van der Waals surface area contributed by atoms with E-state index in [-0.39, 0.29) is 5.82 Å². The van der Waals surface area contributed by atoms with Gasteiger partial charge in [-0.25, -0.2) is 4.39 Å². The number of nitrogens with two attached hydrogens (primary N) is 1. The fourth-order valence-corrected chi connectivity index (χ4v) is 1.53. The maximum atomic E-state index is 13.0. The molecule has 0 unspecified atom stereocenters. The molecule has 1 heterocycles. The molecule has 0 amide bonds. The largest absolute Gasteiger partial charge is 0.326 e. The average molecular weight is 179 g/mol. The minimum absolute atomic E-state index is 0.263. The van der Waals surface area contributed by atoms with Crippen LogP contribution in [0.5, 0.6) is 0 Å². The summed E-state index contributed by atoms with van der Waals surface area (Å²) in [5, 5.41) is 4.83. The van der Waals surface area contributed by atoms with E-state index >= 15 is 0 Å². The Hall–Kier alpha value is -1.42. The van der Waals surface area contributed by atoms with E-state index in [4.69, 9.17) is 5.73 Å². The summed E-state index contributed by atoms with van der Waals surface area (Å²) in [5.41, 5.74) is 7.20. The smallest absolute Gasteiger partial charge is 0.124 e. The number of hydrogen-bond donors (Lipinski definition) is 1. The summed E-state index contributed by atoms with van der Waals surface area (Å²) in [7, 11) is 1.82. The van der Waals surface area contributed by atoms with Crippen molar-refractivity contribution in [3.63, 3.8) is 0 Å². The third-order valence-corrected chi connectivity index (χ3v) is 2.10. The van der Waals surface area contributed by atoms with Crippen LogP contribution in [0.1, 0.15) is 5.56 Å². The molecule has 2 N–H and O–H groups in total. The van der Waals surface area contributed by atoms with Gasteiger partial charge in [-0.3, -0.25) is 4.68 Å². The van der Waals surface area contributed by atoms with Crippen molar-refractivity contribution in [2.45, 2.75) is 6.54 Å². The van der Waals surface area contributed by atoms with Crippen LogP contribution in [0.2, 0.25) is 0 Å². The second-order valence-corrected chi connectivity index (χ2v) is 2.98. The van der Waals surface area contributed by atoms with Crippen LogP contribution < -0.4 is 5.73 Å². The number of benzene rings is 1. The van der Waals surface area contributed by atoms with Crippen molar-refractivity contribution in [3.05, 3.63) is 29.7 Å². The Morgan fingerprint density at radius 3 is 3.00 bits per heavy atom. The van der Waals surface area contributed by atoms with Crippen molar-refractivity contribution < 1.29 is 4.39 Å². The zero-order valence-electron chi connectivity index (χ0n) is 7.29. The molecule has 0 fully saturated rings. The molecule has 68 valence electrons. The van der Waals surface area contributed by atoms with Crippen LogP contribution in [-0.2, 0) is 13.6 Å². The van der Waals surface area contributed by atoms with Crippen molar-refractivity contribution in [1.82, 2.24) is 9.78 Å². The third kappa shape index (κ3) is 1.19. The summed E-state index contributed by atoms with van der Waals surface area (Å²) in [6.07, 6.45) is 1.64. The molecule has 0 radical (unpaired) electrons. The summed E-state index contributed by atoms with van der Waals surface area (Å²) in [4.78, 5) is 0. The quantitative estimate of drug-likeness (QED) is 0.714. The van der Waals surface area contributed by atoms with Gasteiger partial charge in [-0.15, -0.1) is 0 Å². The van der Waals surface area contributed by atoms with Crippen LogP contribution in [0, 0.1) is 5.82 Å². The number of halogens is 1. The van der Waals surface area contributed by atoms with Crippen molar-refractivity contribution in [1.29, 1.82) is 0 Å². The van der Waals surface area contributed by atoms with E-state index in [0.717, 1.165) is 16.5 Å². The van der Waals surface area contributed by atoms with Crippen LogP contribution in [0.3, 0.4) is 0 Å². The Labute approximate surface area is 75.0 Å². The normalized spacial score (nSPS) is 11.0. The minimum atomic E-state index is -0.263. The lowest BCUT2D eigenvalue weighted by atomic mass is 10.1. The van der Waals surface area contributed by atoms with E-state index in [1.54, 1.807) is 10.9 Å². The predicted octanol–water partition coefficient (Wildman–Crippen LogP) is 1.17. The maximum Gasteiger partial charge on any atom is 0.124 e. The minimum Gasteiger partial charge on any atom is -0.326 e. The molecule has 0 saturated carbocycles. The van der Waals surface area contributed by atoms with Crippen molar-refractivity contribution in [2.75, 3.05) is 0 Å². The topological polar surface area (TPSA) is 43.8 Å². The van der Waals surface area contributed by atoms with E-state index in [9.17, 15) is 4.39 Å². The summed E-state index contributed by atoms with van der Waals surface area (Å²) < 4.78 is 14.7. The van der Waals surface area contributed by atoms with Crippen LogP contribution in [0.25, 0.3) is 10.9 Å². The second kappa shape index (κ2) is 2.81. The third-order valence-electron chi connectivity index (χ3n) is 2.10. The lowest BCUT2D eigenvalue weighted by Crippen LogP contribution is -2.01. The molecule has 4 heteroatoms. The number of nitrogens with zero attached hydrogens (tertiary/aromatic N) is 2. The number of rotatable bonds is 1. The molecular formula is C9H10FN3. The first kappa shape index (κ1) is 8.19. The molecule has 13 heavy (non-hydrogen) atoms. The Kier molecular flexibility index (Phi) is 1.77. The Morgan fingerprint density at radius 2 is 2.31 bits per heavy atom. The van der Waals surface area contributed by atoms with Crippen LogP contribution in [-0.4, -0.2) is 9.78 Å². The van der Waals surface area contributed by atoms with Gasteiger partial charge in [-0.2, -0.15) is 5.10 Å². The first-order valence-corrected chi connectivity index (χ1v) is 4.02. The monoisotopic (exact) mass is 179 g/mol. The molecule has 1 aromatic heterocycles. The highest BCUT2D eigenvalue weighted by Gasteiger charge is 2.06. The molecule has 0 aliphatic carbocycles. The Morgan fingerprint density at radius 1 is 1.54 bits per heavy atom. The summed E-state index contributed by atoms with van der Waals surface area (Å²) in [6, 6.07) is 2.91. The predicted molar refractivity (Wildman–Crippen MR) is 48.6 cm³/mol. The fraction of sp³-hybridized carbons (Fsp3) is 0.222. The molecule has 3 nitrogen and oxygen atoms in total. The molecule has 0 aliphatic rings. The Balaban J connectivity index is 2.85. The Bertz CT molecular complexity index is 447. The van der Waals surface area contributed by atoms with Crippen LogP contribution in [0.15, 0.2) is 18.3 Å². The average Bonchev–Trinajstić information content (AvgIpc) is 2.46. The SMILES string of the molecule is Cn1ncc2cc(F)cc(CN)c21. The van der Waals surface area contributed by atoms with Gasteiger partial charge in [0.2, 0.25) is 0 Å². The van der Waals surface area contributed by atoms with E-state index in [2.05, 4.69) is 5.10 Å². The standard InChI is InChI=1S/C9H10FN3/c1-13-9-6(4-11)2-8(10)3-7(9)5-12-13/h2-3,5H,4,11H2,1H3. The van der Waals surface area contributed by atoms with Gasteiger partial charge in [0.15, 0.2) is 0 Å². The molecule has 1 aromatic carbocycles. The molecule has 0 atom stereocenters. The first-order chi connectivity index (χ1) is 6.22. The molecule has 0 bridgehead atoms. The fourth-order valence-electron chi connectivity index (χ4n) is 1.53. The van der Waals surface area contributed by atoms with E-state index in [1.165, 1.54) is 12.1 Å². The summed E-state index contributed by atoms with van der Waals surface area (Å²) >= 11 is 0. The lowest BCUT2D eigenvalue weighted by Gasteiger charge is -2.01.